The van der Waals surface area contributed by atoms with Crippen molar-refractivity contribution >= 4 is 22.6 Å². The molecule has 0 aliphatic heterocycles. The molecule has 1 atom stereocenters. The molecule has 5 rings (SSSR count). The number of halogens is 1. The van der Waals surface area contributed by atoms with E-state index in [2.05, 4.69) is 33.0 Å². The molecule has 42 heavy (non-hydrogen) atoms. The molecule has 7 nitrogen and oxygen atoms in total. The Labute approximate surface area is 244 Å². The van der Waals surface area contributed by atoms with Crippen molar-refractivity contribution in [2.75, 3.05) is 5.32 Å². The number of amides is 2. The number of nitrogens with zero attached hydrogens (tertiary/aromatic N) is 3. The molecule has 0 aliphatic rings. The van der Waals surface area contributed by atoms with Crippen molar-refractivity contribution < 1.29 is 13.6 Å². The van der Waals surface area contributed by atoms with Crippen LogP contribution in [-0.2, 0) is 6.54 Å². The number of aromatic nitrogens is 2. The third-order valence-corrected chi connectivity index (χ3v) is 7.50. The lowest BCUT2D eigenvalue weighted by atomic mass is 9.92. The van der Waals surface area contributed by atoms with E-state index in [1.165, 1.54) is 28.8 Å². The average molecular weight is 567 g/mol. The Morgan fingerprint density at radius 3 is 2.19 bits per heavy atom. The van der Waals surface area contributed by atoms with Gasteiger partial charge in [0.1, 0.15) is 17.4 Å². The van der Waals surface area contributed by atoms with Gasteiger partial charge in [-0.2, -0.15) is 0 Å². The number of benzene rings is 3. The Hall–Kier alpha value is -4.72. The maximum atomic E-state index is 14.3. The van der Waals surface area contributed by atoms with E-state index in [9.17, 15) is 14.0 Å². The molecule has 216 valence electrons. The first-order valence-corrected chi connectivity index (χ1v) is 14.2. The molecule has 3 aromatic carbocycles. The van der Waals surface area contributed by atoms with E-state index in [1.807, 2.05) is 31.2 Å². The lowest BCUT2D eigenvalue weighted by Crippen LogP contribution is -2.39. The van der Waals surface area contributed by atoms with Crippen molar-refractivity contribution in [2.45, 2.75) is 59.0 Å². The Kier molecular flexibility index (Phi) is 8.24. The second-order valence-corrected chi connectivity index (χ2v) is 11.0. The van der Waals surface area contributed by atoms with Crippen LogP contribution in [-0.4, -0.2) is 20.5 Å². The summed E-state index contributed by atoms with van der Waals surface area (Å²) in [6.07, 6.45) is 1.56. The number of carbonyl (C=O) groups is 1. The van der Waals surface area contributed by atoms with Gasteiger partial charge in [-0.15, -0.1) is 0 Å². The molecule has 0 bridgehead atoms. The van der Waals surface area contributed by atoms with Gasteiger partial charge in [0, 0.05) is 5.69 Å². The maximum Gasteiger partial charge on any atom is 0.322 e. The number of anilines is 1. The van der Waals surface area contributed by atoms with E-state index in [1.54, 1.807) is 41.5 Å². The molecule has 0 radical (unpaired) electrons. The molecule has 0 saturated carbocycles. The highest BCUT2D eigenvalue weighted by atomic mass is 19.1. The van der Waals surface area contributed by atoms with E-state index in [0.717, 1.165) is 16.8 Å². The molecule has 2 heterocycles. The van der Waals surface area contributed by atoms with Gasteiger partial charge >= 0.3 is 6.03 Å². The van der Waals surface area contributed by atoms with Crippen LogP contribution in [0.4, 0.5) is 14.9 Å². The Morgan fingerprint density at radius 2 is 1.57 bits per heavy atom. The number of para-hydroxylation sites is 2. The molecule has 0 fully saturated rings. The number of hydrogen-bond acceptors (Lipinski definition) is 4. The van der Waals surface area contributed by atoms with Gasteiger partial charge in [-0.05, 0) is 78.4 Å². The minimum absolute atomic E-state index is 0.132. The van der Waals surface area contributed by atoms with Crippen molar-refractivity contribution in [3.05, 3.63) is 124 Å². The molecule has 2 aromatic heterocycles. The van der Waals surface area contributed by atoms with Crippen LogP contribution in [0.2, 0.25) is 0 Å². The van der Waals surface area contributed by atoms with Gasteiger partial charge in [0.15, 0.2) is 0 Å². The molecule has 0 saturated heterocycles. The second kappa shape index (κ2) is 12.0. The molecule has 2 amide bonds. The van der Waals surface area contributed by atoms with Crippen LogP contribution in [0.1, 0.15) is 75.2 Å². The summed E-state index contributed by atoms with van der Waals surface area (Å²) >= 11 is 0. The second-order valence-electron chi connectivity index (χ2n) is 11.0. The van der Waals surface area contributed by atoms with Gasteiger partial charge in [-0.25, -0.2) is 14.2 Å². The number of nitrogens with one attached hydrogen (secondary N) is 1. The lowest BCUT2D eigenvalue weighted by molar-refractivity contribution is 0.179. The summed E-state index contributed by atoms with van der Waals surface area (Å²) in [5.74, 6) is 0.864. The first-order chi connectivity index (χ1) is 20.2. The standard InChI is InChI=1S/C34H35FN4O3/c1-21(2)27-12-8-13-28(22(3)4)31(27)37-34(41)38(20-26-10-9-19-42-26)23(5)32-36-30-14-7-6-11-29(30)33(40)39(32)25-17-15-24(35)16-18-25/h6-19,21-23H,20H2,1-5H3,(H,37,41). The van der Waals surface area contributed by atoms with Gasteiger partial charge in [-0.1, -0.05) is 58.0 Å². The molecular weight excluding hydrogens is 531 g/mol. The predicted octanol–water partition coefficient (Wildman–Crippen LogP) is 8.16. The molecule has 1 unspecified atom stereocenters. The molecule has 5 aromatic rings. The minimum atomic E-state index is -0.689. The third kappa shape index (κ3) is 5.70. The van der Waals surface area contributed by atoms with Crippen LogP contribution in [0.15, 0.2) is 94.3 Å². The van der Waals surface area contributed by atoms with Crippen molar-refractivity contribution in [2.24, 2.45) is 0 Å². The normalized spacial score (nSPS) is 12.2. The van der Waals surface area contributed by atoms with Gasteiger partial charge in [0.25, 0.3) is 5.56 Å². The number of urea groups is 1. The van der Waals surface area contributed by atoms with Crippen LogP contribution in [0.3, 0.4) is 0 Å². The van der Waals surface area contributed by atoms with Crippen molar-refractivity contribution in [1.29, 1.82) is 0 Å². The first kappa shape index (κ1) is 28.8. The smallest absolute Gasteiger partial charge is 0.322 e. The van der Waals surface area contributed by atoms with E-state index in [-0.39, 0.29) is 30.0 Å². The number of fused-ring (bicyclic) bond motifs is 1. The zero-order chi connectivity index (χ0) is 30.0. The molecule has 8 heteroatoms. The highest BCUT2D eigenvalue weighted by Crippen LogP contribution is 2.34. The SMILES string of the molecule is CC(C)c1cccc(C(C)C)c1NC(=O)N(Cc1ccco1)C(C)c1nc2ccccc2c(=O)n1-c1ccc(F)cc1. The fraction of sp³-hybridized carbons (Fsp3) is 0.265. The topological polar surface area (TPSA) is 80.4 Å². The molecule has 0 spiro atoms. The largest absolute Gasteiger partial charge is 0.467 e. The van der Waals surface area contributed by atoms with Gasteiger partial charge in [-0.3, -0.25) is 9.36 Å². The van der Waals surface area contributed by atoms with Gasteiger partial charge < -0.3 is 14.6 Å². The van der Waals surface area contributed by atoms with Gasteiger partial charge in [0.05, 0.1) is 35.4 Å². The van der Waals surface area contributed by atoms with Crippen LogP contribution in [0.5, 0.6) is 0 Å². The summed E-state index contributed by atoms with van der Waals surface area (Å²) in [4.78, 5) is 34.6. The average Bonchev–Trinajstić information content (AvgIpc) is 3.49. The summed E-state index contributed by atoms with van der Waals surface area (Å²) in [5.41, 5.74) is 3.51. The minimum Gasteiger partial charge on any atom is -0.467 e. The fourth-order valence-corrected chi connectivity index (χ4v) is 5.24. The quantitative estimate of drug-likeness (QED) is 0.205. The first-order valence-electron chi connectivity index (χ1n) is 14.2. The maximum absolute atomic E-state index is 14.3. The van der Waals surface area contributed by atoms with Crippen LogP contribution < -0.4 is 10.9 Å². The zero-order valence-corrected chi connectivity index (χ0v) is 24.5. The molecular formula is C34H35FN4O3. The predicted molar refractivity (Wildman–Crippen MR) is 164 cm³/mol. The Bertz CT molecular complexity index is 1730. The van der Waals surface area contributed by atoms with Crippen molar-refractivity contribution in [3.8, 4) is 5.69 Å². The lowest BCUT2D eigenvalue weighted by Gasteiger charge is -2.31. The zero-order valence-electron chi connectivity index (χ0n) is 24.5. The number of hydrogen-bond donors (Lipinski definition) is 1. The molecule has 1 N–H and O–H groups in total. The van der Waals surface area contributed by atoms with Gasteiger partial charge in [0.2, 0.25) is 0 Å². The highest BCUT2D eigenvalue weighted by molar-refractivity contribution is 5.91. The van der Waals surface area contributed by atoms with E-state index in [0.29, 0.717) is 28.2 Å². The summed E-state index contributed by atoms with van der Waals surface area (Å²) < 4.78 is 21.0. The van der Waals surface area contributed by atoms with E-state index < -0.39 is 11.9 Å². The Morgan fingerprint density at radius 1 is 0.905 bits per heavy atom. The third-order valence-electron chi connectivity index (χ3n) is 7.50. The number of carbonyl (C=O) groups excluding carboxylic acids is 1. The summed E-state index contributed by atoms with van der Waals surface area (Å²) in [6.45, 7) is 10.3. The number of furan rings is 1. The summed E-state index contributed by atoms with van der Waals surface area (Å²) in [5, 5.41) is 3.63. The fourth-order valence-electron chi connectivity index (χ4n) is 5.24. The highest BCUT2D eigenvalue weighted by Gasteiger charge is 2.29. The number of rotatable bonds is 8. The van der Waals surface area contributed by atoms with Crippen LogP contribution in [0.25, 0.3) is 16.6 Å². The summed E-state index contributed by atoms with van der Waals surface area (Å²) in [6, 6.07) is 21.3. The molecule has 0 aliphatic carbocycles. The monoisotopic (exact) mass is 566 g/mol. The van der Waals surface area contributed by atoms with Crippen molar-refractivity contribution in [3.63, 3.8) is 0 Å². The van der Waals surface area contributed by atoms with Crippen molar-refractivity contribution in [1.82, 2.24) is 14.5 Å². The Balaban J connectivity index is 1.66. The van der Waals surface area contributed by atoms with E-state index in [4.69, 9.17) is 9.40 Å². The van der Waals surface area contributed by atoms with Crippen LogP contribution >= 0.6 is 0 Å². The van der Waals surface area contributed by atoms with E-state index >= 15 is 0 Å². The van der Waals surface area contributed by atoms with Crippen LogP contribution in [0, 0.1) is 5.82 Å². The summed E-state index contributed by atoms with van der Waals surface area (Å²) in [7, 11) is 0.